The standard InChI is InChI=1S/C14H26N4/c1-13(2)11-18(14(3,4)10-16-13)8-6-12-15-7-9-17(12)5/h7,9,16H,6,8,10-11H2,1-5H3. The van der Waals surface area contributed by atoms with Crippen LogP contribution in [0.5, 0.6) is 0 Å². The molecule has 1 fully saturated rings. The van der Waals surface area contributed by atoms with Crippen LogP contribution in [0.1, 0.15) is 33.5 Å². The van der Waals surface area contributed by atoms with Crippen molar-refractivity contribution in [2.24, 2.45) is 7.05 Å². The van der Waals surface area contributed by atoms with E-state index in [1.54, 1.807) is 0 Å². The lowest BCUT2D eigenvalue weighted by Gasteiger charge is -2.49. The first kappa shape index (κ1) is 13.6. The third kappa shape index (κ3) is 2.93. The van der Waals surface area contributed by atoms with Crippen molar-refractivity contribution in [2.75, 3.05) is 19.6 Å². The summed E-state index contributed by atoms with van der Waals surface area (Å²) in [5, 5.41) is 3.62. The largest absolute Gasteiger partial charge is 0.338 e. The molecule has 1 saturated heterocycles. The van der Waals surface area contributed by atoms with E-state index in [4.69, 9.17) is 0 Å². The molecule has 0 aromatic carbocycles. The normalized spacial score (nSPS) is 23.2. The molecule has 1 aromatic heterocycles. The van der Waals surface area contributed by atoms with Gasteiger partial charge in [-0.1, -0.05) is 0 Å². The van der Waals surface area contributed by atoms with Gasteiger partial charge in [0.05, 0.1) is 0 Å². The summed E-state index contributed by atoms with van der Waals surface area (Å²) in [5.41, 5.74) is 0.428. The van der Waals surface area contributed by atoms with E-state index in [0.717, 1.165) is 26.1 Å². The minimum Gasteiger partial charge on any atom is -0.338 e. The van der Waals surface area contributed by atoms with Gasteiger partial charge in [-0.3, -0.25) is 4.90 Å². The Labute approximate surface area is 110 Å². The highest BCUT2D eigenvalue weighted by Gasteiger charge is 2.37. The van der Waals surface area contributed by atoms with Crippen LogP contribution in [-0.2, 0) is 13.5 Å². The Kier molecular flexibility index (Phi) is 3.52. The Bertz CT molecular complexity index is 406. The molecule has 0 bridgehead atoms. The molecule has 18 heavy (non-hydrogen) atoms. The summed E-state index contributed by atoms with van der Waals surface area (Å²) in [6, 6.07) is 0. The Morgan fingerprint density at radius 1 is 1.33 bits per heavy atom. The van der Waals surface area contributed by atoms with Gasteiger partial charge in [-0.15, -0.1) is 0 Å². The van der Waals surface area contributed by atoms with Gasteiger partial charge in [0, 0.05) is 56.6 Å². The predicted octanol–water partition coefficient (Wildman–Crippen LogP) is 1.42. The molecule has 2 heterocycles. The van der Waals surface area contributed by atoms with Crippen LogP contribution in [-0.4, -0.2) is 45.2 Å². The molecule has 0 amide bonds. The van der Waals surface area contributed by atoms with E-state index in [2.05, 4.69) is 54.5 Å². The van der Waals surface area contributed by atoms with Crippen LogP contribution in [0.15, 0.2) is 12.4 Å². The van der Waals surface area contributed by atoms with Gasteiger partial charge in [0.15, 0.2) is 0 Å². The zero-order valence-electron chi connectivity index (χ0n) is 12.3. The van der Waals surface area contributed by atoms with E-state index in [1.807, 2.05) is 12.4 Å². The molecule has 0 radical (unpaired) electrons. The molecule has 102 valence electrons. The smallest absolute Gasteiger partial charge is 0.109 e. The van der Waals surface area contributed by atoms with Crippen LogP contribution in [0.4, 0.5) is 0 Å². The minimum atomic E-state index is 0.206. The molecule has 4 nitrogen and oxygen atoms in total. The minimum absolute atomic E-state index is 0.206. The van der Waals surface area contributed by atoms with Crippen molar-refractivity contribution in [1.29, 1.82) is 0 Å². The molecule has 1 N–H and O–H groups in total. The van der Waals surface area contributed by atoms with Crippen LogP contribution in [0, 0.1) is 0 Å². The van der Waals surface area contributed by atoms with E-state index in [-0.39, 0.29) is 11.1 Å². The first-order valence-corrected chi connectivity index (χ1v) is 6.76. The molecule has 0 aliphatic carbocycles. The van der Waals surface area contributed by atoms with Crippen molar-refractivity contribution >= 4 is 0 Å². The van der Waals surface area contributed by atoms with Gasteiger partial charge in [-0.2, -0.15) is 0 Å². The second kappa shape index (κ2) is 4.67. The Morgan fingerprint density at radius 2 is 2.06 bits per heavy atom. The Hall–Kier alpha value is -0.870. The highest BCUT2D eigenvalue weighted by atomic mass is 15.3. The lowest BCUT2D eigenvalue weighted by Crippen LogP contribution is -2.66. The number of aryl methyl sites for hydroxylation is 1. The third-order valence-corrected chi connectivity index (χ3v) is 3.97. The molecule has 1 aliphatic rings. The molecule has 0 spiro atoms. The van der Waals surface area contributed by atoms with Crippen LogP contribution < -0.4 is 5.32 Å². The first-order chi connectivity index (χ1) is 8.30. The molecule has 0 saturated carbocycles. The first-order valence-electron chi connectivity index (χ1n) is 6.76. The zero-order chi connectivity index (χ0) is 13.4. The molecule has 1 aliphatic heterocycles. The number of nitrogens with one attached hydrogen (secondary N) is 1. The van der Waals surface area contributed by atoms with Crippen LogP contribution in [0.3, 0.4) is 0 Å². The van der Waals surface area contributed by atoms with Crippen LogP contribution >= 0.6 is 0 Å². The number of aromatic nitrogens is 2. The maximum Gasteiger partial charge on any atom is 0.109 e. The van der Waals surface area contributed by atoms with E-state index >= 15 is 0 Å². The summed E-state index contributed by atoms with van der Waals surface area (Å²) in [5.74, 6) is 1.17. The van der Waals surface area contributed by atoms with Gasteiger partial charge >= 0.3 is 0 Å². The SMILES string of the molecule is Cn1ccnc1CCN1CC(C)(C)NCC1(C)C. The third-order valence-electron chi connectivity index (χ3n) is 3.97. The average Bonchev–Trinajstić information content (AvgIpc) is 2.66. The number of nitrogens with zero attached hydrogens (tertiary/aromatic N) is 3. The summed E-state index contributed by atoms with van der Waals surface area (Å²) >= 11 is 0. The summed E-state index contributed by atoms with van der Waals surface area (Å²) in [6.07, 6.45) is 4.91. The van der Waals surface area contributed by atoms with Gasteiger partial charge < -0.3 is 9.88 Å². The fourth-order valence-corrected chi connectivity index (χ4v) is 2.57. The fraction of sp³-hybridized carbons (Fsp3) is 0.786. The van der Waals surface area contributed by atoms with E-state index in [1.165, 1.54) is 5.82 Å². The molecule has 0 unspecified atom stereocenters. The highest BCUT2D eigenvalue weighted by Crippen LogP contribution is 2.23. The number of imidazole rings is 1. The molecular formula is C14H26N4. The van der Waals surface area contributed by atoms with E-state index in [0.29, 0.717) is 0 Å². The van der Waals surface area contributed by atoms with Crippen molar-refractivity contribution < 1.29 is 0 Å². The van der Waals surface area contributed by atoms with Gasteiger partial charge in [0.1, 0.15) is 5.82 Å². The second-order valence-electron chi connectivity index (χ2n) is 6.68. The second-order valence-corrected chi connectivity index (χ2v) is 6.68. The predicted molar refractivity (Wildman–Crippen MR) is 74.6 cm³/mol. The monoisotopic (exact) mass is 250 g/mol. The van der Waals surface area contributed by atoms with Crippen molar-refractivity contribution in [1.82, 2.24) is 19.8 Å². The van der Waals surface area contributed by atoms with Gasteiger partial charge in [-0.25, -0.2) is 4.98 Å². The van der Waals surface area contributed by atoms with Crippen molar-refractivity contribution in [3.63, 3.8) is 0 Å². The maximum absolute atomic E-state index is 4.40. The summed E-state index contributed by atoms with van der Waals surface area (Å²) in [7, 11) is 2.06. The summed E-state index contributed by atoms with van der Waals surface area (Å²) < 4.78 is 2.11. The molecule has 2 rings (SSSR count). The number of hydrogen-bond acceptors (Lipinski definition) is 3. The van der Waals surface area contributed by atoms with Crippen LogP contribution in [0.25, 0.3) is 0 Å². The lowest BCUT2D eigenvalue weighted by molar-refractivity contribution is 0.0398. The topological polar surface area (TPSA) is 33.1 Å². The van der Waals surface area contributed by atoms with Crippen LogP contribution in [0.2, 0.25) is 0 Å². The average molecular weight is 250 g/mol. The fourth-order valence-electron chi connectivity index (χ4n) is 2.57. The molecule has 4 heteroatoms. The van der Waals surface area contributed by atoms with Crippen molar-refractivity contribution in [3.8, 4) is 0 Å². The Balaban J connectivity index is 2.00. The number of hydrogen-bond donors (Lipinski definition) is 1. The molecule has 0 atom stereocenters. The van der Waals surface area contributed by atoms with Crippen molar-refractivity contribution in [3.05, 3.63) is 18.2 Å². The molecular weight excluding hydrogens is 224 g/mol. The highest BCUT2D eigenvalue weighted by molar-refractivity contribution is 4.99. The zero-order valence-corrected chi connectivity index (χ0v) is 12.3. The maximum atomic E-state index is 4.40. The summed E-state index contributed by atoms with van der Waals surface area (Å²) in [6.45, 7) is 12.4. The number of piperazine rings is 1. The van der Waals surface area contributed by atoms with E-state index in [9.17, 15) is 0 Å². The summed E-state index contributed by atoms with van der Waals surface area (Å²) in [4.78, 5) is 6.99. The van der Waals surface area contributed by atoms with Gasteiger partial charge in [-0.05, 0) is 27.7 Å². The quantitative estimate of drug-likeness (QED) is 0.881. The van der Waals surface area contributed by atoms with Gasteiger partial charge in [0.25, 0.3) is 0 Å². The lowest BCUT2D eigenvalue weighted by atomic mass is 9.91. The number of rotatable bonds is 3. The van der Waals surface area contributed by atoms with Crippen molar-refractivity contribution in [2.45, 2.75) is 45.2 Å². The van der Waals surface area contributed by atoms with E-state index < -0.39 is 0 Å². The van der Waals surface area contributed by atoms with Gasteiger partial charge in [0.2, 0.25) is 0 Å². The Morgan fingerprint density at radius 3 is 2.67 bits per heavy atom. The molecule has 1 aromatic rings.